The molecule has 0 fully saturated rings. The molecule has 0 aliphatic rings. The van der Waals surface area contributed by atoms with Crippen LogP contribution < -0.4 is 10.1 Å². The van der Waals surface area contributed by atoms with Crippen molar-refractivity contribution in [1.29, 1.82) is 0 Å². The average molecular weight is 411 g/mol. The monoisotopic (exact) mass is 410 g/mol. The molecule has 1 amide bonds. The molecule has 0 saturated heterocycles. The van der Waals surface area contributed by atoms with Crippen LogP contribution in [-0.2, 0) is 16.6 Å². The van der Waals surface area contributed by atoms with Gasteiger partial charge in [0.25, 0.3) is 5.91 Å². The van der Waals surface area contributed by atoms with Crippen LogP contribution in [0.1, 0.15) is 29.8 Å². The Hall–Kier alpha value is -2.09. The topological polar surface area (TPSA) is 75.7 Å². The molecule has 8 heteroatoms. The van der Waals surface area contributed by atoms with Crippen LogP contribution in [0.5, 0.6) is 5.75 Å². The average Bonchev–Trinajstić information content (AvgIpc) is 2.67. The smallest absolute Gasteiger partial charge is 0.251 e. The first kappa shape index (κ1) is 21.2. The summed E-state index contributed by atoms with van der Waals surface area (Å²) in [5.74, 6) is 0.354. The van der Waals surface area contributed by atoms with Gasteiger partial charge in [0.15, 0.2) is 0 Å². The van der Waals surface area contributed by atoms with E-state index in [9.17, 15) is 13.2 Å². The van der Waals surface area contributed by atoms with E-state index in [0.717, 1.165) is 11.3 Å². The second kappa shape index (κ2) is 9.21. The lowest BCUT2D eigenvalue weighted by atomic mass is 10.2. The summed E-state index contributed by atoms with van der Waals surface area (Å²) in [6.45, 7) is 4.45. The van der Waals surface area contributed by atoms with Crippen molar-refractivity contribution in [2.24, 2.45) is 0 Å². The van der Waals surface area contributed by atoms with Crippen LogP contribution in [0.4, 0.5) is 0 Å². The molecule has 2 rings (SSSR count). The Labute approximate surface area is 165 Å². The molecule has 0 heterocycles. The molecule has 0 aliphatic heterocycles. The number of carbonyl (C=O) groups is 1. The van der Waals surface area contributed by atoms with Crippen LogP contribution in [0.3, 0.4) is 0 Å². The molecular formula is C19H23ClN2O4S. The lowest BCUT2D eigenvalue weighted by Crippen LogP contribution is -2.31. The fourth-order valence-corrected chi connectivity index (χ4v) is 4.53. The molecule has 0 radical (unpaired) electrons. The van der Waals surface area contributed by atoms with Crippen molar-refractivity contribution in [3.63, 3.8) is 0 Å². The van der Waals surface area contributed by atoms with E-state index in [1.165, 1.54) is 22.5 Å². The lowest BCUT2D eigenvalue weighted by Gasteiger charge is -2.19. The summed E-state index contributed by atoms with van der Waals surface area (Å²) in [5.41, 5.74) is 1.13. The quantitative estimate of drug-likeness (QED) is 0.724. The van der Waals surface area contributed by atoms with Gasteiger partial charge in [-0.05, 0) is 35.9 Å². The number of methoxy groups -OCH3 is 1. The van der Waals surface area contributed by atoms with Crippen molar-refractivity contribution < 1.29 is 17.9 Å². The van der Waals surface area contributed by atoms with Crippen LogP contribution >= 0.6 is 11.6 Å². The van der Waals surface area contributed by atoms with Crippen molar-refractivity contribution in [3.05, 3.63) is 58.6 Å². The Kier molecular flexibility index (Phi) is 7.24. The SMILES string of the molecule is CCN(CC)S(=O)(=O)c1cc(C(=O)NCc2ccc(OC)cc2)ccc1Cl. The Balaban J connectivity index is 2.19. The van der Waals surface area contributed by atoms with Gasteiger partial charge in [-0.2, -0.15) is 4.31 Å². The van der Waals surface area contributed by atoms with Gasteiger partial charge in [-0.3, -0.25) is 4.79 Å². The molecule has 6 nitrogen and oxygen atoms in total. The van der Waals surface area contributed by atoms with Crippen molar-refractivity contribution in [1.82, 2.24) is 9.62 Å². The number of rotatable bonds is 8. The van der Waals surface area contributed by atoms with Gasteiger partial charge in [0.05, 0.1) is 12.1 Å². The van der Waals surface area contributed by atoms with Gasteiger partial charge in [0, 0.05) is 25.2 Å². The summed E-state index contributed by atoms with van der Waals surface area (Å²) >= 11 is 6.10. The molecule has 146 valence electrons. The molecule has 0 aliphatic carbocycles. The van der Waals surface area contributed by atoms with Gasteiger partial charge in [-0.25, -0.2) is 8.42 Å². The highest BCUT2D eigenvalue weighted by Gasteiger charge is 2.25. The number of carbonyl (C=O) groups excluding carboxylic acids is 1. The summed E-state index contributed by atoms with van der Waals surface area (Å²) < 4.78 is 31.9. The summed E-state index contributed by atoms with van der Waals surface area (Å²) in [6, 6.07) is 11.6. The molecule has 1 N–H and O–H groups in total. The minimum absolute atomic E-state index is 0.0648. The third kappa shape index (κ3) is 5.00. The van der Waals surface area contributed by atoms with Gasteiger partial charge in [0.2, 0.25) is 10.0 Å². The molecule has 27 heavy (non-hydrogen) atoms. The third-order valence-electron chi connectivity index (χ3n) is 4.13. The first-order valence-corrected chi connectivity index (χ1v) is 10.4. The van der Waals surface area contributed by atoms with E-state index in [4.69, 9.17) is 16.3 Å². The Morgan fingerprint density at radius 2 is 1.74 bits per heavy atom. The van der Waals surface area contributed by atoms with E-state index in [2.05, 4.69) is 5.32 Å². The van der Waals surface area contributed by atoms with Crippen molar-refractivity contribution in [3.8, 4) is 5.75 Å². The van der Waals surface area contributed by atoms with Crippen LogP contribution in [0.2, 0.25) is 5.02 Å². The zero-order valence-corrected chi connectivity index (χ0v) is 17.1. The van der Waals surface area contributed by atoms with Gasteiger partial charge in [-0.1, -0.05) is 37.6 Å². The highest BCUT2D eigenvalue weighted by Crippen LogP contribution is 2.26. The predicted octanol–water partition coefficient (Wildman–Crippen LogP) is 3.31. The number of sulfonamides is 1. The second-order valence-electron chi connectivity index (χ2n) is 5.77. The van der Waals surface area contributed by atoms with E-state index in [1.807, 2.05) is 12.1 Å². The molecule has 0 atom stereocenters. The molecule has 0 bridgehead atoms. The van der Waals surface area contributed by atoms with Crippen molar-refractivity contribution in [2.45, 2.75) is 25.3 Å². The maximum Gasteiger partial charge on any atom is 0.251 e. The van der Waals surface area contributed by atoms with E-state index in [-0.39, 0.29) is 21.4 Å². The number of benzene rings is 2. The molecule has 0 aromatic heterocycles. The first-order chi connectivity index (χ1) is 12.8. The predicted molar refractivity (Wildman–Crippen MR) is 106 cm³/mol. The van der Waals surface area contributed by atoms with E-state index >= 15 is 0 Å². The number of amides is 1. The molecule has 0 saturated carbocycles. The normalized spacial score (nSPS) is 11.4. The van der Waals surface area contributed by atoms with Gasteiger partial charge >= 0.3 is 0 Å². The summed E-state index contributed by atoms with van der Waals surface area (Å²) in [5, 5.41) is 2.87. The van der Waals surface area contributed by atoms with Crippen LogP contribution in [0.25, 0.3) is 0 Å². The molecule has 0 unspecified atom stereocenters. The maximum atomic E-state index is 12.7. The summed E-state index contributed by atoms with van der Waals surface area (Å²) in [6.07, 6.45) is 0. The number of halogens is 1. The third-order valence-corrected chi connectivity index (χ3v) is 6.66. The minimum Gasteiger partial charge on any atom is -0.497 e. The minimum atomic E-state index is -3.76. The van der Waals surface area contributed by atoms with E-state index in [0.29, 0.717) is 19.6 Å². The number of nitrogens with zero attached hydrogens (tertiary/aromatic N) is 1. The van der Waals surface area contributed by atoms with Gasteiger partial charge in [-0.15, -0.1) is 0 Å². The molecule has 2 aromatic carbocycles. The first-order valence-electron chi connectivity index (χ1n) is 8.54. The Morgan fingerprint density at radius 1 is 1.11 bits per heavy atom. The molecule has 2 aromatic rings. The van der Waals surface area contributed by atoms with Gasteiger partial charge in [0.1, 0.15) is 10.6 Å². The molecule has 0 spiro atoms. The Morgan fingerprint density at radius 3 is 2.30 bits per heavy atom. The summed E-state index contributed by atoms with van der Waals surface area (Å²) in [4.78, 5) is 12.4. The maximum absolute atomic E-state index is 12.7. The standard InChI is InChI=1S/C19H23ClN2O4S/c1-4-22(5-2)27(24,25)18-12-15(8-11-17(18)20)19(23)21-13-14-6-9-16(26-3)10-7-14/h6-12H,4-5,13H2,1-3H3,(H,21,23). The number of ether oxygens (including phenoxy) is 1. The molecular weight excluding hydrogens is 388 g/mol. The number of nitrogens with one attached hydrogen (secondary N) is 1. The fourth-order valence-electron chi connectivity index (χ4n) is 2.57. The van der Waals surface area contributed by atoms with Gasteiger partial charge < -0.3 is 10.1 Å². The van der Waals surface area contributed by atoms with E-state index in [1.54, 1.807) is 33.1 Å². The highest BCUT2D eigenvalue weighted by molar-refractivity contribution is 7.89. The summed E-state index contributed by atoms with van der Waals surface area (Å²) in [7, 11) is -2.17. The van der Waals surface area contributed by atoms with E-state index < -0.39 is 10.0 Å². The highest BCUT2D eigenvalue weighted by atomic mass is 35.5. The van der Waals surface area contributed by atoms with Crippen molar-refractivity contribution in [2.75, 3.05) is 20.2 Å². The lowest BCUT2D eigenvalue weighted by molar-refractivity contribution is 0.0950. The van der Waals surface area contributed by atoms with Crippen LogP contribution in [0, 0.1) is 0 Å². The fraction of sp³-hybridized carbons (Fsp3) is 0.316. The van der Waals surface area contributed by atoms with Crippen molar-refractivity contribution >= 4 is 27.5 Å². The second-order valence-corrected chi connectivity index (χ2v) is 8.08. The Bertz CT molecular complexity index is 894. The number of hydrogen-bond acceptors (Lipinski definition) is 4. The zero-order valence-electron chi connectivity index (χ0n) is 15.5. The zero-order chi connectivity index (χ0) is 20.0. The van der Waals surface area contributed by atoms with Crippen LogP contribution in [-0.4, -0.2) is 38.8 Å². The largest absolute Gasteiger partial charge is 0.497 e. The van der Waals surface area contributed by atoms with Crippen LogP contribution in [0.15, 0.2) is 47.4 Å². The number of hydrogen-bond donors (Lipinski definition) is 1.